The molecule has 0 amide bonds. The first kappa shape index (κ1) is 9.37. The molecule has 0 spiro atoms. The Morgan fingerprint density at radius 3 is 2.70 bits per heavy atom. The summed E-state index contributed by atoms with van der Waals surface area (Å²) in [6.45, 7) is 5.19. The molecule has 2 nitrogen and oxygen atoms in total. The van der Waals surface area contributed by atoms with Crippen LogP contribution in [0, 0.1) is 0 Å². The maximum atomic E-state index is 9.81. The van der Waals surface area contributed by atoms with Crippen LogP contribution in [0.15, 0.2) is 11.6 Å². The van der Waals surface area contributed by atoms with E-state index in [0.29, 0.717) is 19.6 Å². The van der Waals surface area contributed by atoms with Crippen molar-refractivity contribution < 1.29 is 9.53 Å². The zero-order valence-electron chi connectivity index (χ0n) is 6.59. The van der Waals surface area contributed by atoms with Gasteiger partial charge in [0.2, 0.25) is 0 Å². The summed E-state index contributed by atoms with van der Waals surface area (Å²) in [5.41, 5.74) is 1.24. The summed E-state index contributed by atoms with van der Waals surface area (Å²) in [5, 5.41) is 0. The molecule has 0 fully saturated rings. The quantitative estimate of drug-likeness (QED) is 0.331. The lowest BCUT2D eigenvalue weighted by Crippen LogP contribution is -1.94. The van der Waals surface area contributed by atoms with Crippen LogP contribution in [-0.2, 0) is 9.53 Å². The SMILES string of the molecule is CC(C)=CCOCCC=O. The van der Waals surface area contributed by atoms with E-state index in [1.165, 1.54) is 5.57 Å². The first-order valence-corrected chi connectivity index (χ1v) is 3.42. The van der Waals surface area contributed by atoms with Crippen molar-refractivity contribution in [3.8, 4) is 0 Å². The van der Waals surface area contributed by atoms with Crippen molar-refractivity contribution in [2.75, 3.05) is 13.2 Å². The predicted octanol–water partition coefficient (Wildman–Crippen LogP) is 1.56. The van der Waals surface area contributed by atoms with Crippen molar-refractivity contribution in [1.29, 1.82) is 0 Å². The van der Waals surface area contributed by atoms with Crippen LogP contribution in [0.5, 0.6) is 0 Å². The Balaban J connectivity index is 3.05. The van der Waals surface area contributed by atoms with Gasteiger partial charge in [-0.2, -0.15) is 0 Å². The molecule has 0 aliphatic rings. The number of hydrogen-bond donors (Lipinski definition) is 0. The van der Waals surface area contributed by atoms with Gasteiger partial charge in [-0.25, -0.2) is 0 Å². The Bertz CT molecular complexity index is 112. The zero-order valence-corrected chi connectivity index (χ0v) is 6.59. The van der Waals surface area contributed by atoms with Crippen LogP contribution >= 0.6 is 0 Å². The Morgan fingerprint density at radius 1 is 1.50 bits per heavy atom. The van der Waals surface area contributed by atoms with Crippen molar-refractivity contribution in [2.45, 2.75) is 20.3 Å². The minimum absolute atomic E-state index is 0.497. The third-order valence-corrected chi connectivity index (χ3v) is 0.989. The maximum Gasteiger partial charge on any atom is 0.122 e. The topological polar surface area (TPSA) is 26.3 Å². The van der Waals surface area contributed by atoms with Gasteiger partial charge in [0.25, 0.3) is 0 Å². The number of aldehydes is 1. The lowest BCUT2D eigenvalue weighted by Gasteiger charge is -1.95. The molecule has 0 bridgehead atoms. The molecule has 0 unspecified atom stereocenters. The van der Waals surface area contributed by atoms with E-state index in [1.807, 2.05) is 19.9 Å². The van der Waals surface area contributed by atoms with Gasteiger partial charge in [-0.15, -0.1) is 0 Å². The third-order valence-electron chi connectivity index (χ3n) is 0.989. The van der Waals surface area contributed by atoms with Gasteiger partial charge >= 0.3 is 0 Å². The highest BCUT2D eigenvalue weighted by Crippen LogP contribution is 1.88. The molecule has 2 heteroatoms. The first-order valence-electron chi connectivity index (χ1n) is 3.42. The van der Waals surface area contributed by atoms with Gasteiger partial charge in [-0.3, -0.25) is 0 Å². The number of ether oxygens (including phenoxy) is 1. The smallest absolute Gasteiger partial charge is 0.122 e. The van der Waals surface area contributed by atoms with Crippen LogP contribution in [0.1, 0.15) is 20.3 Å². The summed E-state index contributed by atoms with van der Waals surface area (Å²) >= 11 is 0. The van der Waals surface area contributed by atoms with Gasteiger partial charge in [0.1, 0.15) is 6.29 Å². The summed E-state index contributed by atoms with van der Waals surface area (Å²) < 4.78 is 5.08. The second-order valence-corrected chi connectivity index (χ2v) is 2.31. The molecule has 0 saturated carbocycles. The molecule has 0 heterocycles. The minimum atomic E-state index is 0.497. The Morgan fingerprint density at radius 2 is 2.20 bits per heavy atom. The molecule has 0 aromatic carbocycles. The summed E-state index contributed by atoms with van der Waals surface area (Å²) in [6, 6.07) is 0. The first-order chi connectivity index (χ1) is 4.77. The molecule has 0 radical (unpaired) electrons. The fourth-order valence-corrected chi connectivity index (χ4v) is 0.440. The number of rotatable bonds is 5. The highest BCUT2D eigenvalue weighted by Gasteiger charge is 1.82. The summed E-state index contributed by atoms with van der Waals surface area (Å²) in [4.78, 5) is 9.81. The van der Waals surface area contributed by atoms with E-state index in [0.717, 1.165) is 6.29 Å². The second-order valence-electron chi connectivity index (χ2n) is 2.31. The fraction of sp³-hybridized carbons (Fsp3) is 0.625. The Kier molecular flexibility index (Phi) is 6.08. The molecule has 0 aliphatic heterocycles. The predicted molar refractivity (Wildman–Crippen MR) is 40.9 cm³/mol. The molecular weight excluding hydrogens is 128 g/mol. The van der Waals surface area contributed by atoms with Crippen molar-refractivity contribution >= 4 is 6.29 Å². The molecule has 0 atom stereocenters. The maximum absolute atomic E-state index is 9.81. The minimum Gasteiger partial charge on any atom is -0.377 e. The fourth-order valence-electron chi connectivity index (χ4n) is 0.440. The van der Waals surface area contributed by atoms with Gasteiger partial charge in [0.05, 0.1) is 13.2 Å². The molecular formula is C8H14O2. The molecule has 10 heavy (non-hydrogen) atoms. The summed E-state index contributed by atoms with van der Waals surface area (Å²) in [7, 11) is 0. The molecule has 0 aliphatic carbocycles. The summed E-state index contributed by atoms with van der Waals surface area (Å²) in [6.07, 6.45) is 3.35. The van der Waals surface area contributed by atoms with E-state index < -0.39 is 0 Å². The molecule has 0 saturated heterocycles. The van der Waals surface area contributed by atoms with Crippen LogP contribution < -0.4 is 0 Å². The molecule has 0 rings (SSSR count). The van der Waals surface area contributed by atoms with Crippen molar-refractivity contribution in [2.24, 2.45) is 0 Å². The normalized spacial score (nSPS) is 9.00. The molecule has 0 aromatic heterocycles. The van der Waals surface area contributed by atoms with E-state index in [2.05, 4.69) is 0 Å². The lowest BCUT2D eigenvalue weighted by atomic mass is 10.3. The van der Waals surface area contributed by atoms with Crippen LogP contribution in [0.2, 0.25) is 0 Å². The second kappa shape index (κ2) is 6.49. The van der Waals surface area contributed by atoms with Gasteiger partial charge in [-0.1, -0.05) is 11.6 Å². The highest BCUT2D eigenvalue weighted by atomic mass is 16.5. The number of allylic oxidation sites excluding steroid dienone is 1. The largest absolute Gasteiger partial charge is 0.377 e. The van der Waals surface area contributed by atoms with Crippen LogP contribution in [-0.4, -0.2) is 19.5 Å². The highest BCUT2D eigenvalue weighted by molar-refractivity contribution is 5.49. The molecule has 0 N–H and O–H groups in total. The van der Waals surface area contributed by atoms with Gasteiger partial charge in [0, 0.05) is 6.42 Å². The van der Waals surface area contributed by atoms with E-state index in [4.69, 9.17) is 4.74 Å². The van der Waals surface area contributed by atoms with Crippen molar-refractivity contribution in [1.82, 2.24) is 0 Å². The Labute approximate surface area is 61.9 Å². The van der Waals surface area contributed by atoms with E-state index in [-0.39, 0.29) is 0 Å². The molecule has 0 aromatic rings. The zero-order chi connectivity index (χ0) is 7.82. The van der Waals surface area contributed by atoms with Gasteiger partial charge in [0.15, 0.2) is 0 Å². The number of hydrogen-bond acceptors (Lipinski definition) is 2. The lowest BCUT2D eigenvalue weighted by molar-refractivity contribution is -0.108. The van der Waals surface area contributed by atoms with Crippen LogP contribution in [0.4, 0.5) is 0 Å². The monoisotopic (exact) mass is 142 g/mol. The number of carbonyl (C=O) groups excluding carboxylic acids is 1. The number of carbonyl (C=O) groups is 1. The summed E-state index contributed by atoms with van der Waals surface area (Å²) in [5.74, 6) is 0. The molecule has 58 valence electrons. The van der Waals surface area contributed by atoms with Crippen LogP contribution in [0.25, 0.3) is 0 Å². The van der Waals surface area contributed by atoms with Gasteiger partial charge in [-0.05, 0) is 13.8 Å². The average molecular weight is 142 g/mol. The van der Waals surface area contributed by atoms with E-state index in [9.17, 15) is 4.79 Å². The van der Waals surface area contributed by atoms with Gasteiger partial charge < -0.3 is 9.53 Å². The Hall–Kier alpha value is -0.630. The third kappa shape index (κ3) is 7.37. The van der Waals surface area contributed by atoms with Crippen molar-refractivity contribution in [3.05, 3.63) is 11.6 Å². The standard InChI is InChI=1S/C8H14O2/c1-8(2)4-7-10-6-3-5-9/h4-5H,3,6-7H2,1-2H3. The van der Waals surface area contributed by atoms with Crippen LogP contribution in [0.3, 0.4) is 0 Å². The van der Waals surface area contributed by atoms with E-state index >= 15 is 0 Å². The van der Waals surface area contributed by atoms with E-state index in [1.54, 1.807) is 0 Å². The van der Waals surface area contributed by atoms with Crippen molar-refractivity contribution in [3.63, 3.8) is 0 Å². The average Bonchev–Trinajstić information content (AvgIpc) is 1.87.